The lowest BCUT2D eigenvalue weighted by atomic mass is 10.1. The van der Waals surface area contributed by atoms with E-state index in [1.165, 1.54) is 31.5 Å². The molecule has 136 valence electrons. The molecule has 0 aliphatic rings. The third kappa shape index (κ3) is 5.66. The van der Waals surface area contributed by atoms with Gasteiger partial charge < -0.3 is 4.74 Å². The van der Waals surface area contributed by atoms with Crippen LogP contribution < -0.4 is 9.64 Å². The average Bonchev–Trinajstić information content (AvgIpc) is 2.61. The second kappa shape index (κ2) is 8.74. The summed E-state index contributed by atoms with van der Waals surface area (Å²) in [5, 5.41) is 0. The highest BCUT2D eigenvalue weighted by atomic mass is 19.4. The van der Waals surface area contributed by atoms with Crippen molar-refractivity contribution in [1.29, 1.82) is 0 Å². The van der Waals surface area contributed by atoms with Crippen molar-refractivity contribution in [2.75, 3.05) is 18.6 Å². The van der Waals surface area contributed by atoms with Gasteiger partial charge in [-0.25, -0.2) is 4.98 Å². The van der Waals surface area contributed by atoms with Gasteiger partial charge in [0.05, 0.1) is 6.61 Å². The first kappa shape index (κ1) is 19.1. The van der Waals surface area contributed by atoms with Crippen LogP contribution in [-0.2, 0) is 0 Å². The van der Waals surface area contributed by atoms with Gasteiger partial charge in [0.1, 0.15) is 11.6 Å². The summed E-state index contributed by atoms with van der Waals surface area (Å²) in [5.74, 6) is 0.657. The number of rotatable bonds is 8. The summed E-state index contributed by atoms with van der Waals surface area (Å²) in [4.78, 5) is 4.08. The lowest BCUT2D eigenvalue weighted by molar-refractivity contribution is -0.126. The fourth-order valence-electron chi connectivity index (χ4n) is 2.35. The van der Waals surface area contributed by atoms with E-state index in [2.05, 4.69) is 11.9 Å². The van der Waals surface area contributed by atoms with Crippen LogP contribution in [0.3, 0.4) is 0 Å². The Balaban J connectivity index is 1.95. The molecule has 0 radical (unpaired) electrons. The molecule has 0 aliphatic heterocycles. The number of alkyl halides is 3. The van der Waals surface area contributed by atoms with Crippen molar-refractivity contribution in [3.63, 3.8) is 0 Å². The van der Waals surface area contributed by atoms with Crippen LogP contribution in [0.2, 0.25) is 0 Å². The number of ether oxygens (including phenoxy) is 1. The van der Waals surface area contributed by atoms with E-state index in [-0.39, 0.29) is 10.7 Å². The summed E-state index contributed by atoms with van der Waals surface area (Å²) in [6.45, 7) is 2.86. The molecule has 0 fully saturated rings. The summed E-state index contributed by atoms with van der Waals surface area (Å²) in [5.41, 5.74) is 1.64. The van der Waals surface area contributed by atoms with Crippen LogP contribution in [0.5, 0.6) is 5.75 Å². The largest absolute Gasteiger partial charge is 0.494 e. The van der Waals surface area contributed by atoms with E-state index in [0.29, 0.717) is 6.61 Å². The van der Waals surface area contributed by atoms with Crippen LogP contribution in [0, 0.1) is 0 Å². The molecule has 3 nitrogen and oxygen atoms in total. The van der Waals surface area contributed by atoms with Gasteiger partial charge in [0, 0.05) is 18.8 Å². The van der Waals surface area contributed by atoms with Gasteiger partial charge in [-0.15, -0.1) is 0 Å². The van der Waals surface area contributed by atoms with Gasteiger partial charge in [-0.05, 0) is 36.2 Å². The minimum atomic E-state index is -4.44. The highest BCUT2D eigenvalue weighted by Gasteiger charge is 2.35. The highest BCUT2D eigenvalue weighted by Crippen LogP contribution is 2.27. The van der Waals surface area contributed by atoms with Crippen LogP contribution in [0.25, 0.3) is 11.1 Å². The van der Waals surface area contributed by atoms with Gasteiger partial charge in [0.2, 0.25) is 0 Å². The molecule has 6 heteroatoms. The van der Waals surface area contributed by atoms with E-state index in [9.17, 15) is 13.2 Å². The SMILES string of the molecule is CCCCCCOc1ccc(-c2ccc(N(C)C(F)(F)F)nc2)cc1. The third-order valence-corrected chi connectivity index (χ3v) is 3.93. The molecular formula is C19H23F3N2O. The Bertz CT molecular complexity index is 639. The first-order valence-corrected chi connectivity index (χ1v) is 8.41. The normalized spacial score (nSPS) is 11.4. The van der Waals surface area contributed by atoms with E-state index >= 15 is 0 Å². The lowest BCUT2D eigenvalue weighted by Gasteiger charge is -2.20. The lowest BCUT2D eigenvalue weighted by Crippen LogP contribution is -2.34. The van der Waals surface area contributed by atoms with E-state index in [0.717, 1.165) is 30.3 Å². The number of anilines is 1. The Kier molecular flexibility index (Phi) is 6.67. The zero-order valence-corrected chi connectivity index (χ0v) is 14.5. The molecule has 1 heterocycles. The Hall–Kier alpha value is -2.24. The molecule has 2 rings (SSSR count). The highest BCUT2D eigenvalue weighted by molar-refractivity contribution is 5.64. The van der Waals surface area contributed by atoms with E-state index in [1.54, 1.807) is 6.07 Å². The number of benzene rings is 1. The number of nitrogens with zero attached hydrogens (tertiary/aromatic N) is 2. The molecule has 1 aromatic heterocycles. The van der Waals surface area contributed by atoms with Crippen molar-refractivity contribution in [2.45, 2.75) is 38.9 Å². The Morgan fingerprint density at radius 2 is 1.64 bits per heavy atom. The summed E-state index contributed by atoms with van der Waals surface area (Å²) in [6, 6.07) is 10.5. The summed E-state index contributed by atoms with van der Waals surface area (Å²) in [6.07, 6.45) is 1.62. The zero-order chi connectivity index (χ0) is 18.3. The number of unbranched alkanes of at least 4 members (excludes halogenated alkanes) is 3. The monoisotopic (exact) mass is 352 g/mol. The maximum atomic E-state index is 12.6. The van der Waals surface area contributed by atoms with Crippen LogP contribution >= 0.6 is 0 Å². The van der Waals surface area contributed by atoms with Crippen molar-refractivity contribution in [1.82, 2.24) is 4.98 Å². The third-order valence-electron chi connectivity index (χ3n) is 3.93. The molecule has 0 amide bonds. The van der Waals surface area contributed by atoms with E-state index in [1.807, 2.05) is 24.3 Å². The quantitative estimate of drug-likeness (QED) is 0.452. The Labute approximate surface area is 146 Å². The van der Waals surface area contributed by atoms with Gasteiger partial charge in [-0.1, -0.05) is 38.3 Å². The molecule has 0 N–H and O–H groups in total. The van der Waals surface area contributed by atoms with Gasteiger partial charge in [-0.3, -0.25) is 4.90 Å². The van der Waals surface area contributed by atoms with Gasteiger partial charge in [-0.2, -0.15) is 13.2 Å². The molecular weight excluding hydrogens is 329 g/mol. The molecule has 25 heavy (non-hydrogen) atoms. The Morgan fingerprint density at radius 3 is 2.20 bits per heavy atom. The van der Waals surface area contributed by atoms with Gasteiger partial charge >= 0.3 is 6.30 Å². The first-order chi connectivity index (χ1) is 11.9. The second-order valence-electron chi connectivity index (χ2n) is 5.87. The minimum Gasteiger partial charge on any atom is -0.494 e. The van der Waals surface area contributed by atoms with Crippen LogP contribution in [0.4, 0.5) is 19.0 Å². The van der Waals surface area contributed by atoms with Crippen LogP contribution in [0.15, 0.2) is 42.6 Å². The topological polar surface area (TPSA) is 25.4 Å². The molecule has 1 aromatic carbocycles. The molecule has 0 bridgehead atoms. The predicted molar refractivity (Wildman–Crippen MR) is 93.8 cm³/mol. The van der Waals surface area contributed by atoms with Crippen molar-refractivity contribution in [3.8, 4) is 16.9 Å². The molecule has 0 atom stereocenters. The van der Waals surface area contributed by atoms with Crippen LogP contribution in [-0.4, -0.2) is 24.9 Å². The fraction of sp³-hybridized carbons (Fsp3) is 0.421. The number of halogens is 3. The smallest absolute Gasteiger partial charge is 0.485 e. The average molecular weight is 352 g/mol. The molecule has 0 spiro atoms. The van der Waals surface area contributed by atoms with Crippen LogP contribution in [0.1, 0.15) is 32.6 Å². The molecule has 0 aliphatic carbocycles. The first-order valence-electron chi connectivity index (χ1n) is 8.41. The number of pyridine rings is 1. The summed E-state index contributed by atoms with van der Waals surface area (Å²) >= 11 is 0. The number of hydrogen-bond acceptors (Lipinski definition) is 3. The molecule has 0 saturated heterocycles. The van der Waals surface area contributed by atoms with E-state index in [4.69, 9.17) is 4.74 Å². The number of hydrogen-bond donors (Lipinski definition) is 0. The van der Waals surface area contributed by atoms with Gasteiger partial charge in [0.15, 0.2) is 0 Å². The zero-order valence-electron chi connectivity index (χ0n) is 14.5. The fourth-order valence-corrected chi connectivity index (χ4v) is 2.35. The molecule has 0 unspecified atom stereocenters. The van der Waals surface area contributed by atoms with E-state index < -0.39 is 6.30 Å². The molecule has 0 saturated carbocycles. The van der Waals surface area contributed by atoms with Crippen molar-refractivity contribution < 1.29 is 17.9 Å². The maximum Gasteiger partial charge on any atom is 0.485 e. The summed E-state index contributed by atoms with van der Waals surface area (Å²) < 4.78 is 43.6. The Morgan fingerprint density at radius 1 is 0.960 bits per heavy atom. The number of aromatic nitrogens is 1. The van der Waals surface area contributed by atoms with Gasteiger partial charge in [0.25, 0.3) is 0 Å². The maximum absolute atomic E-state index is 12.6. The predicted octanol–water partition coefficient (Wildman–Crippen LogP) is 5.66. The standard InChI is InChI=1S/C19H23F3N2O/c1-3-4-5-6-13-25-17-10-7-15(8-11-17)16-9-12-18(23-14-16)24(2)19(20,21)22/h7-12,14H,3-6,13H2,1-2H3. The second-order valence-corrected chi connectivity index (χ2v) is 5.87. The van der Waals surface area contributed by atoms with Crippen molar-refractivity contribution in [3.05, 3.63) is 42.6 Å². The minimum absolute atomic E-state index is 0.136. The van der Waals surface area contributed by atoms with Crippen molar-refractivity contribution >= 4 is 5.82 Å². The summed E-state index contributed by atoms with van der Waals surface area (Å²) in [7, 11) is 0.953. The van der Waals surface area contributed by atoms with Crippen molar-refractivity contribution in [2.24, 2.45) is 0 Å². The molecule has 2 aromatic rings.